The van der Waals surface area contributed by atoms with Gasteiger partial charge < -0.3 is 9.64 Å². The van der Waals surface area contributed by atoms with Crippen molar-refractivity contribution in [2.24, 2.45) is 5.92 Å². The molecule has 146 valence electrons. The van der Waals surface area contributed by atoms with Crippen molar-refractivity contribution in [3.63, 3.8) is 0 Å². The second kappa shape index (κ2) is 10.6. The molecule has 0 amide bonds. The largest absolute Gasteiger partial charge is 0.376 e. The van der Waals surface area contributed by atoms with Crippen molar-refractivity contribution in [3.05, 3.63) is 71.5 Å². The van der Waals surface area contributed by atoms with Crippen LogP contribution in [0.2, 0.25) is 0 Å². The summed E-state index contributed by atoms with van der Waals surface area (Å²) in [5.74, 6) is 0.742. The maximum atomic E-state index is 13.3. The lowest BCUT2D eigenvalue weighted by Gasteiger charge is -2.39. The summed E-state index contributed by atoms with van der Waals surface area (Å²) in [5.41, 5.74) is 2.46. The van der Waals surface area contributed by atoms with Gasteiger partial charge in [0.2, 0.25) is 0 Å². The second-order valence-electron chi connectivity index (χ2n) is 7.72. The Morgan fingerprint density at radius 1 is 1.04 bits per heavy atom. The molecular weight excluding hydrogens is 337 g/mol. The first-order valence-electron chi connectivity index (χ1n) is 10.4. The van der Waals surface area contributed by atoms with Crippen LogP contribution in [0.15, 0.2) is 54.6 Å². The van der Waals surface area contributed by atoms with Crippen LogP contribution in [0.4, 0.5) is 4.39 Å². The van der Waals surface area contributed by atoms with E-state index >= 15 is 0 Å². The van der Waals surface area contributed by atoms with Crippen LogP contribution in [-0.4, -0.2) is 31.1 Å². The van der Waals surface area contributed by atoms with Crippen molar-refractivity contribution in [1.29, 1.82) is 0 Å². The number of piperidine rings is 1. The van der Waals surface area contributed by atoms with Gasteiger partial charge in [0, 0.05) is 12.5 Å². The monoisotopic (exact) mass is 369 g/mol. The smallest absolute Gasteiger partial charge is 0.123 e. The highest BCUT2D eigenvalue weighted by Gasteiger charge is 2.30. The third kappa shape index (κ3) is 6.15. The van der Waals surface area contributed by atoms with E-state index in [0.29, 0.717) is 18.4 Å². The molecule has 1 saturated heterocycles. The Hall–Kier alpha value is -1.71. The van der Waals surface area contributed by atoms with E-state index in [4.69, 9.17) is 4.74 Å². The van der Waals surface area contributed by atoms with Crippen molar-refractivity contribution in [1.82, 2.24) is 4.90 Å². The minimum absolute atomic E-state index is 0.160. The standard InChI is InChI=1S/C24H32FNO/c1-2-3-7-15-26-16-14-24(21-10-12-23(25)13-11-21)22(17-26)19-27-18-20-8-5-4-6-9-20/h4-6,8-13,22,24H,2-3,7,14-19H2,1H3/t22-,24-/m1/s1. The van der Waals surface area contributed by atoms with Crippen molar-refractivity contribution in [3.8, 4) is 0 Å². The van der Waals surface area contributed by atoms with E-state index in [1.54, 1.807) is 12.1 Å². The zero-order valence-electron chi connectivity index (χ0n) is 16.4. The molecule has 2 aromatic rings. The molecule has 0 N–H and O–H groups in total. The van der Waals surface area contributed by atoms with E-state index in [0.717, 1.165) is 26.1 Å². The maximum Gasteiger partial charge on any atom is 0.123 e. The summed E-state index contributed by atoms with van der Waals surface area (Å²) < 4.78 is 19.5. The highest BCUT2D eigenvalue weighted by atomic mass is 19.1. The van der Waals surface area contributed by atoms with E-state index in [1.807, 2.05) is 18.2 Å². The molecule has 0 radical (unpaired) electrons. The number of nitrogens with zero attached hydrogens (tertiary/aromatic N) is 1. The van der Waals surface area contributed by atoms with Crippen LogP contribution in [-0.2, 0) is 11.3 Å². The number of halogens is 1. The third-order valence-corrected chi connectivity index (χ3v) is 5.64. The van der Waals surface area contributed by atoms with Gasteiger partial charge in [0.25, 0.3) is 0 Å². The molecule has 27 heavy (non-hydrogen) atoms. The van der Waals surface area contributed by atoms with Crippen molar-refractivity contribution < 1.29 is 9.13 Å². The number of hydrogen-bond acceptors (Lipinski definition) is 2. The van der Waals surface area contributed by atoms with Gasteiger partial charge in [0.1, 0.15) is 5.82 Å². The summed E-state index contributed by atoms with van der Waals surface area (Å²) in [6, 6.07) is 17.4. The van der Waals surface area contributed by atoms with Gasteiger partial charge in [-0.05, 0) is 55.1 Å². The molecule has 2 aromatic carbocycles. The first-order chi connectivity index (χ1) is 13.3. The summed E-state index contributed by atoms with van der Waals surface area (Å²) in [4.78, 5) is 2.59. The average molecular weight is 370 g/mol. The highest BCUT2D eigenvalue weighted by Crippen LogP contribution is 2.33. The molecule has 3 rings (SSSR count). The highest BCUT2D eigenvalue weighted by molar-refractivity contribution is 5.22. The SMILES string of the molecule is CCCCCN1CC[C@H](c2ccc(F)cc2)[C@@H](COCc2ccccc2)C1. The van der Waals surface area contributed by atoms with Crippen LogP contribution in [0.3, 0.4) is 0 Å². The molecule has 2 nitrogen and oxygen atoms in total. The van der Waals surface area contributed by atoms with Crippen LogP contribution in [0.1, 0.15) is 49.7 Å². The number of hydrogen-bond donors (Lipinski definition) is 0. The van der Waals surface area contributed by atoms with Gasteiger partial charge in [-0.3, -0.25) is 0 Å². The van der Waals surface area contributed by atoms with Gasteiger partial charge in [0.15, 0.2) is 0 Å². The Balaban J connectivity index is 1.61. The van der Waals surface area contributed by atoms with Crippen molar-refractivity contribution >= 4 is 0 Å². The summed E-state index contributed by atoms with van der Waals surface area (Å²) in [5, 5.41) is 0. The number of likely N-dealkylation sites (tertiary alicyclic amines) is 1. The topological polar surface area (TPSA) is 12.5 Å². The van der Waals surface area contributed by atoms with Gasteiger partial charge in [-0.2, -0.15) is 0 Å². The Kier molecular flexibility index (Phi) is 7.85. The molecule has 0 saturated carbocycles. The average Bonchev–Trinajstić information content (AvgIpc) is 2.70. The van der Waals surface area contributed by atoms with E-state index in [2.05, 4.69) is 36.1 Å². The van der Waals surface area contributed by atoms with Gasteiger partial charge in [-0.15, -0.1) is 0 Å². The Morgan fingerprint density at radius 2 is 1.81 bits per heavy atom. The summed E-state index contributed by atoms with van der Waals surface area (Å²) in [7, 11) is 0. The Labute approximate surface area is 163 Å². The molecule has 2 atom stereocenters. The fourth-order valence-corrected chi connectivity index (χ4v) is 4.12. The predicted molar refractivity (Wildman–Crippen MR) is 109 cm³/mol. The number of benzene rings is 2. The Morgan fingerprint density at radius 3 is 2.56 bits per heavy atom. The van der Waals surface area contributed by atoms with Gasteiger partial charge >= 0.3 is 0 Å². The lowest BCUT2D eigenvalue weighted by Crippen LogP contribution is -2.41. The third-order valence-electron chi connectivity index (χ3n) is 5.64. The molecule has 0 bridgehead atoms. The first-order valence-corrected chi connectivity index (χ1v) is 10.4. The molecule has 1 heterocycles. The molecule has 0 aliphatic carbocycles. The molecule has 1 aliphatic heterocycles. The molecule has 0 spiro atoms. The lowest BCUT2D eigenvalue weighted by molar-refractivity contribution is 0.0403. The normalized spacial score (nSPS) is 20.7. The van der Waals surface area contributed by atoms with Crippen LogP contribution in [0.5, 0.6) is 0 Å². The van der Waals surface area contributed by atoms with E-state index in [1.165, 1.54) is 36.9 Å². The first kappa shape index (κ1) is 20.0. The zero-order valence-corrected chi connectivity index (χ0v) is 16.4. The van der Waals surface area contributed by atoms with E-state index in [-0.39, 0.29) is 5.82 Å². The van der Waals surface area contributed by atoms with Crippen molar-refractivity contribution in [2.75, 3.05) is 26.2 Å². The van der Waals surface area contributed by atoms with Crippen LogP contribution >= 0.6 is 0 Å². The molecule has 0 unspecified atom stereocenters. The van der Waals surface area contributed by atoms with Crippen LogP contribution in [0.25, 0.3) is 0 Å². The Bertz CT molecular complexity index is 658. The quantitative estimate of drug-likeness (QED) is 0.531. The zero-order chi connectivity index (χ0) is 18.9. The summed E-state index contributed by atoms with van der Waals surface area (Å²) in [6.07, 6.45) is 4.95. The minimum Gasteiger partial charge on any atom is -0.376 e. The molecule has 1 fully saturated rings. The molecule has 1 aliphatic rings. The van der Waals surface area contributed by atoms with Crippen molar-refractivity contribution in [2.45, 2.75) is 45.1 Å². The second-order valence-corrected chi connectivity index (χ2v) is 7.72. The lowest BCUT2D eigenvalue weighted by atomic mass is 9.80. The van der Waals surface area contributed by atoms with E-state index in [9.17, 15) is 4.39 Å². The van der Waals surface area contributed by atoms with Gasteiger partial charge in [0.05, 0.1) is 13.2 Å². The summed E-state index contributed by atoms with van der Waals surface area (Å²) in [6.45, 7) is 7.03. The predicted octanol–water partition coefficient (Wildman–Crippen LogP) is 5.64. The van der Waals surface area contributed by atoms with Crippen LogP contribution in [0, 0.1) is 11.7 Å². The molecular formula is C24H32FNO. The molecule has 0 aromatic heterocycles. The maximum absolute atomic E-state index is 13.3. The fraction of sp³-hybridized carbons (Fsp3) is 0.500. The number of unbranched alkanes of at least 4 members (excludes halogenated alkanes) is 2. The van der Waals surface area contributed by atoms with Crippen LogP contribution < -0.4 is 0 Å². The summed E-state index contributed by atoms with van der Waals surface area (Å²) >= 11 is 0. The molecule has 3 heteroatoms. The fourth-order valence-electron chi connectivity index (χ4n) is 4.12. The van der Waals surface area contributed by atoms with E-state index < -0.39 is 0 Å². The number of rotatable bonds is 9. The number of ether oxygens (including phenoxy) is 1. The minimum atomic E-state index is -0.160. The van der Waals surface area contributed by atoms with Gasteiger partial charge in [-0.25, -0.2) is 4.39 Å². The van der Waals surface area contributed by atoms with Gasteiger partial charge in [-0.1, -0.05) is 62.2 Å².